The summed E-state index contributed by atoms with van der Waals surface area (Å²) in [5.41, 5.74) is 1.27. The van der Waals surface area contributed by atoms with Gasteiger partial charge in [0.25, 0.3) is 0 Å². The van der Waals surface area contributed by atoms with Gasteiger partial charge in [-0.2, -0.15) is 4.31 Å². The fraction of sp³-hybridized carbons (Fsp3) is 0.480. The molecule has 1 saturated heterocycles. The van der Waals surface area contributed by atoms with E-state index in [9.17, 15) is 13.2 Å². The van der Waals surface area contributed by atoms with Crippen LogP contribution in [0.25, 0.3) is 0 Å². The first-order valence-electron chi connectivity index (χ1n) is 11.6. The van der Waals surface area contributed by atoms with Gasteiger partial charge in [-0.25, -0.2) is 8.42 Å². The molecule has 0 radical (unpaired) electrons. The maximum Gasteiger partial charge on any atom is 0.243 e. The smallest absolute Gasteiger partial charge is 0.243 e. The molecule has 1 N–H and O–H groups in total. The number of carbonyl (C=O) groups excluding carboxylic acids is 1. The zero-order chi connectivity index (χ0) is 24.7. The average molecular weight is 491 g/mol. The van der Waals surface area contributed by atoms with Crippen molar-refractivity contribution in [3.63, 3.8) is 0 Å². The van der Waals surface area contributed by atoms with E-state index < -0.39 is 10.0 Å². The summed E-state index contributed by atoms with van der Waals surface area (Å²) in [6.45, 7) is 4.78. The van der Waals surface area contributed by atoms with Crippen LogP contribution in [0.3, 0.4) is 0 Å². The highest BCUT2D eigenvalue weighted by molar-refractivity contribution is 7.89. The molecule has 3 rings (SSSR count). The van der Waals surface area contributed by atoms with E-state index in [1.54, 1.807) is 32.4 Å². The lowest BCUT2D eigenvalue weighted by Crippen LogP contribution is -2.35. The predicted molar refractivity (Wildman–Crippen MR) is 131 cm³/mol. The minimum Gasteiger partial charge on any atom is -0.493 e. The summed E-state index contributed by atoms with van der Waals surface area (Å²) in [4.78, 5) is 12.9. The Labute approximate surface area is 202 Å². The third-order valence-corrected chi connectivity index (χ3v) is 7.52. The monoisotopic (exact) mass is 490 g/mol. The number of hydrogen-bond acceptors (Lipinski definition) is 6. The van der Waals surface area contributed by atoms with E-state index in [-0.39, 0.29) is 23.3 Å². The average Bonchev–Trinajstić information content (AvgIpc) is 2.83. The van der Waals surface area contributed by atoms with E-state index in [1.165, 1.54) is 10.4 Å². The molecule has 0 aromatic heterocycles. The van der Waals surface area contributed by atoms with Crippen LogP contribution in [0.5, 0.6) is 17.2 Å². The normalized spacial score (nSPS) is 14.6. The Kier molecular flexibility index (Phi) is 8.79. The molecule has 1 heterocycles. The standard InChI is InChI=1S/C25H34N2O6S/c1-18(2)33-22-12-10-20(34(29,30)27-14-6-5-7-15-27)17-21(22)26-25(28)13-9-19-8-11-23(31-3)24(16-19)32-4/h8,10-12,16-18H,5-7,9,13-15H2,1-4H3,(H,26,28). The van der Waals surface area contributed by atoms with Gasteiger partial charge in [-0.05, 0) is 69.0 Å². The molecule has 186 valence electrons. The quantitative estimate of drug-likeness (QED) is 0.536. The van der Waals surface area contributed by atoms with Crippen LogP contribution in [0.2, 0.25) is 0 Å². The molecule has 8 nitrogen and oxygen atoms in total. The molecule has 0 bridgehead atoms. The molecule has 0 aliphatic carbocycles. The van der Waals surface area contributed by atoms with Crippen molar-refractivity contribution in [2.75, 3.05) is 32.6 Å². The van der Waals surface area contributed by atoms with Crippen molar-refractivity contribution in [1.82, 2.24) is 4.31 Å². The van der Waals surface area contributed by atoms with Gasteiger partial charge in [-0.1, -0.05) is 12.5 Å². The summed E-state index contributed by atoms with van der Waals surface area (Å²) in [7, 11) is -0.499. The van der Waals surface area contributed by atoms with E-state index in [2.05, 4.69) is 5.32 Å². The van der Waals surface area contributed by atoms with Gasteiger partial charge in [0.1, 0.15) is 5.75 Å². The number of ether oxygens (including phenoxy) is 3. The van der Waals surface area contributed by atoms with Gasteiger partial charge in [0.05, 0.1) is 30.9 Å². The summed E-state index contributed by atoms with van der Waals surface area (Å²) in [6, 6.07) is 10.2. The Balaban J connectivity index is 1.77. The van der Waals surface area contributed by atoms with Crippen LogP contribution in [0.4, 0.5) is 5.69 Å². The molecule has 34 heavy (non-hydrogen) atoms. The molecule has 9 heteroatoms. The van der Waals surface area contributed by atoms with Crippen LogP contribution >= 0.6 is 0 Å². The molecule has 1 fully saturated rings. The summed E-state index contributed by atoms with van der Waals surface area (Å²) in [5, 5.41) is 2.85. The Morgan fingerprint density at radius 2 is 1.65 bits per heavy atom. The number of sulfonamides is 1. The molecule has 1 aliphatic rings. The third-order valence-electron chi connectivity index (χ3n) is 5.63. The zero-order valence-electron chi connectivity index (χ0n) is 20.3. The van der Waals surface area contributed by atoms with Crippen LogP contribution in [-0.2, 0) is 21.2 Å². The van der Waals surface area contributed by atoms with Gasteiger partial charge in [0.2, 0.25) is 15.9 Å². The molecular formula is C25H34N2O6S. The lowest BCUT2D eigenvalue weighted by Gasteiger charge is -2.26. The zero-order valence-corrected chi connectivity index (χ0v) is 21.1. The van der Waals surface area contributed by atoms with E-state index in [1.807, 2.05) is 26.0 Å². The predicted octanol–water partition coefficient (Wildman–Crippen LogP) is 4.24. The van der Waals surface area contributed by atoms with Crippen molar-refractivity contribution >= 4 is 21.6 Å². The van der Waals surface area contributed by atoms with Gasteiger partial charge >= 0.3 is 0 Å². The van der Waals surface area contributed by atoms with Crippen molar-refractivity contribution in [2.45, 2.75) is 57.0 Å². The first kappa shape index (κ1) is 25.8. The number of methoxy groups -OCH3 is 2. The van der Waals surface area contributed by atoms with Crippen molar-refractivity contribution < 1.29 is 27.4 Å². The van der Waals surface area contributed by atoms with Gasteiger partial charge in [0, 0.05) is 19.5 Å². The van der Waals surface area contributed by atoms with Crippen LogP contribution in [0, 0.1) is 0 Å². The number of nitrogens with one attached hydrogen (secondary N) is 1. The van der Waals surface area contributed by atoms with Gasteiger partial charge in [0.15, 0.2) is 11.5 Å². The number of rotatable bonds is 10. The first-order chi connectivity index (χ1) is 16.2. The van der Waals surface area contributed by atoms with E-state index in [4.69, 9.17) is 14.2 Å². The molecule has 0 saturated carbocycles. The third kappa shape index (κ3) is 6.42. The van der Waals surface area contributed by atoms with Crippen LogP contribution in [0.15, 0.2) is 41.3 Å². The van der Waals surface area contributed by atoms with Crippen molar-refractivity contribution in [3.8, 4) is 17.2 Å². The maximum atomic E-state index is 13.1. The molecule has 1 amide bonds. The van der Waals surface area contributed by atoms with Gasteiger partial charge < -0.3 is 19.5 Å². The molecule has 0 spiro atoms. The van der Waals surface area contributed by atoms with E-state index in [0.29, 0.717) is 42.4 Å². The fourth-order valence-electron chi connectivity index (χ4n) is 3.88. The second kappa shape index (κ2) is 11.6. The maximum absolute atomic E-state index is 13.1. The highest BCUT2D eigenvalue weighted by Gasteiger charge is 2.27. The van der Waals surface area contributed by atoms with Gasteiger partial charge in [-0.15, -0.1) is 0 Å². The summed E-state index contributed by atoms with van der Waals surface area (Å²) < 4.78 is 44.2. The number of anilines is 1. The second-order valence-corrected chi connectivity index (χ2v) is 10.5. The van der Waals surface area contributed by atoms with Gasteiger partial charge in [-0.3, -0.25) is 4.79 Å². The summed E-state index contributed by atoms with van der Waals surface area (Å²) in [6.07, 6.45) is 3.31. The van der Waals surface area contributed by atoms with Crippen molar-refractivity contribution in [3.05, 3.63) is 42.0 Å². The van der Waals surface area contributed by atoms with Crippen molar-refractivity contribution in [1.29, 1.82) is 0 Å². The molecule has 1 aliphatic heterocycles. The van der Waals surface area contributed by atoms with Crippen LogP contribution in [-0.4, -0.2) is 52.0 Å². The highest BCUT2D eigenvalue weighted by Crippen LogP contribution is 2.32. The topological polar surface area (TPSA) is 94.2 Å². The lowest BCUT2D eigenvalue weighted by atomic mass is 10.1. The molecule has 0 unspecified atom stereocenters. The van der Waals surface area contributed by atoms with Crippen molar-refractivity contribution in [2.24, 2.45) is 0 Å². The molecule has 2 aromatic carbocycles. The first-order valence-corrected chi connectivity index (χ1v) is 13.0. The number of nitrogens with zero attached hydrogens (tertiary/aromatic N) is 1. The summed E-state index contributed by atoms with van der Waals surface area (Å²) >= 11 is 0. The number of amides is 1. The minimum absolute atomic E-state index is 0.132. The number of hydrogen-bond donors (Lipinski definition) is 1. The molecule has 0 atom stereocenters. The number of aryl methyl sites for hydroxylation is 1. The number of benzene rings is 2. The van der Waals surface area contributed by atoms with E-state index in [0.717, 1.165) is 24.8 Å². The van der Waals surface area contributed by atoms with Crippen LogP contribution < -0.4 is 19.5 Å². The minimum atomic E-state index is -3.63. The lowest BCUT2D eigenvalue weighted by molar-refractivity contribution is -0.116. The Morgan fingerprint density at radius 3 is 2.29 bits per heavy atom. The Bertz CT molecular complexity index is 1090. The van der Waals surface area contributed by atoms with Crippen LogP contribution in [0.1, 0.15) is 45.1 Å². The number of piperidine rings is 1. The molecular weight excluding hydrogens is 456 g/mol. The Hall–Kier alpha value is -2.78. The molecule has 2 aromatic rings. The largest absolute Gasteiger partial charge is 0.493 e. The highest BCUT2D eigenvalue weighted by atomic mass is 32.2. The number of carbonyl (C=O) groups is 1. The Morgan fingerprint density at radius 1 is 0.971 bits per heavy atom. The van der Waals surface area contributed by atoms with E-state index >= 15 is 0 Å². The fourth-order valence-corrected chi connectivity index (χ4v) is 5.43. The SMILES string of the molecule is COc1ccc(CCC(=O)Nc2cc(S(=O)(=O)N3CCCCC3)ccc2OC(C)C)cc1OC. The summed E-state index contributed by atoms with van der Waals surface area (Å²) in [5.74, 6) is 1.42. The second-order valence-electron chi connectivity index (χ2n) is 8.53.